The summed E-state index contributed by atoms with van der Waals surface area (Å²) in [4.78, 5) is 11.8. The zero-order valence-electron chi connectivity index (χ0n) is 17.1. The highest BCUT2D eigenvalue weighted by Crippen LogP contribution is 2.68. The summed E-state index contributed by atoms with van der Waals surface area (Å²) in [5, 5.41) is 1.01. The van der Waals surface area contributed by atoms with Crippen LogP contribution < -0.4 is 14.8 Å². The lowest BCUT2D eigenvalue weighted by molar-refractivity contribution is -0.121. The molecule has 8 heteroatoms. The molecule has 3 unspecified atom stereocenters. The summed E-state index contributed by atoms with van der Waals surface area (Å²) >= 11 is 0. The summed E-state index contributed by atoms with van der Waals surface area (Å²) in [6.07, 6.45) is 1.49. The molecular formula is C19H28B4NO3. The Morgan fingerprint density at radius 1 is 1.15 bits per heavy atom. The van der Waals surface area contributed by atoms with E-state index in [1.54, 1.807) is 14.2 Å². The van der Waals surface area contributed by atoms with Crippen molar-refractivity contribution in [3.8, 4) is 11.5 Å². The van der Waals surface area contributed by atoms with Gasteiger partial charge < -0.3 is 19.6 Å². The number of carbonyl (C=O) groups excluding carboxylic acids is 1. The molecule has 27 heavy (non-hydrogen) atoms. The van der Waals surface area contributed by atoms with Crippen LogP contribution in [0.5, 0.6) is 11.5 Å². The average molecular weight is 362 g/mol. The minimum absolute atomic E-state index is 0.179. The Balaban J connectivity index is 0.000000265. The minimum atomic E-state index is -1.24. The Bertz CT molecular complexity index is 585. The summed E-state index contributed by atoms with van der Waals surface area (Å²) in [5.74, 6) is 1.84. The van der Waals surface area contributed by atoms with Gasteiger partial charge in [-0.2, -0.15) is 0 Å². The molecule has 2 aliphatic rings. The highest BCUT2D eigenvalue weighted by molar-refractivity contribution is 6.80. The van der Waals surface area contributed by atoms with E-state index in [0.29, 0.717) is 12.3 Å². The lowest BCUT2D eigenvalue weighted by Crippen LogP contribution is -2.37. The van der Waals surface area contributed by atoms with Crippen LogP contribution in [0, 0.1) is 5.92 Å². The predicted octanol–water partition coefficient (Wildman–Crippen LogP) is 2.16. The van der Waals surface area contributed by atoms with Crippen LogP contribution in [0.15, 0.2) is 24.3 Å². The largest absolute Gasteiger partial charge is 0.493 e. The van der Waals surface area contributed by atoms with Crippen molar-refractivity contribution in [2.75, 3.05) is 27.8 Å². The second-order valence-electron chi connectivity index (χ2n) is 6.71. The zero-order chi connectivity index (χ0) is 20.7. The number of ether oxygens (including phenoxy) is 2. The van der Waals surface area contributed by atoms with Crippen LogP contribution in [0.1, 0.15) is 26.7 Å². The highest BCUT2D eigenvalue weighted by atomic mass is 16.5. The van der Waals surface area contributed by atoms with Crippen LogP contribution in [0.4, 0.5) is 0 Å². The lowest BCUT2D eigenvalue weighted by Gasteiger charge is -2.39. The van der Waals surface area contributed by atoms with E-state index in [0.717, 1.165) is 24.5 Å². The molecule has 0 aromatic heterocycles. The number of Topliss-reactive ketones (excluding diaryl/α,β-unsaturated/α-hetero) is 1. The second-order valence-corrected chi connectivity index (χ2v) is 6.71. The van der Waals surface area contributed by atoms with Gasteiger partial charge in [-0.05, 0) is 48.5 Å². The van der Waals surface area contributed by atoms with Crippen molar-refractivity contribution in [3.05, 3.63) is 24.3 Å². The number of hydrogen-bond donors (Lipinski definition) is 1. The molecule has 1 aliphatic heterocycles. The number of fused-ring (bicyclic) bond motifs is 1. The van der Waals surface area contributed by atoms with Crippen LogP contribution in [0.25, 0.3) is 0 Å². The quantitative estimate of drug-likeness (QED) is 0.817. The average Bonchev–Trinajstić information content (AvgIpc) is 3.39. The molecule has 7 radical (unpaired) electrons. The molecule has 1 aromatic carbocycles. The molecule has 0 spiro atoms. The molecule has 0 amide bonds. The van der Waals surface area contributed by atoms with Gasteiger partial charge in [-0.25, -0.2) is 0 Å². The third kappa shape index (κ3) is 5.60. The molecule has 1 N–H and O–H groups in total. The monoisotopic (exact) mass is 362 g/mol. The normalized spacial score (nSPS) is 26.8. The first-order chi connectivity index (χ1) is 12.8. The van der Waals surface area contributed by atoms with Crippen LogP contribution in [0.2, 0.25) is 16.2 Å². The fourth-order valence-electron chi connectivity index (χ4n) is 3.46. The molecule has 3 atom stereocenters. The summed E-state index contributed by atoms with van der Waals surface area (Å²) in [6, 6.07) is 7.53. The Hall–Kier alpha value is -1.29. The van der Waals surface area contributed by atoms with E-state index in [1.807, 2.05) is 52.4 Å². The molecule has 139 valence electrons. The maximum absolute atomic E-state index is 11.8. The Kier molecular flexibility index (Phi) is 9.07. The van der Waals surface area contributed by atoms with Gasteiger partial charge in [-0.15, -0.1) is 0 Å². The summed E-state index contributed by atoms with van der Waals surface area (Å²) in [5.41, 5.74) is 0. The number of nitrogens with one attached hydrogen (secondary N) is 1. The standard InChI is InChI=1S/C9H12B4NO.C8H10O2.C2H6/c1-14-3-2-5-4-8(10,11)7(15)9(12)6(5)13-9;1-9-7-5-3-4-6-8(7)10-2;1-2/h5-6,14H,2-4H2,1H3;3-6H,1-2H3;1-2H3. The molecule has 1 heterocycles. The van der Waals surface area contributed by atoms with Gasteiger partial charge in [0.2, 0.25) is 0 Å². The Morgan fingerprint density at radius 3 is 2.11 bits per heavy atom. The first-order valence-corrected chi connectivity index (χ1v) is 9.39. The van der Waals surface area contributed by atoms with Crippen molar-refractivity contribution in [3.63, 3.8) is 0 Å². The van der Waals surface area contributed by atoms with Crippen LogP contribution in [0.3, 0.4) is 0 Å². The maximum atomic E-state index is 11.8. The molecule has 4 nitrogen and oxygen atoms in total. The number of methoxy groups -OCH3 is 2. The van der Waals surface area contributed by atoms with Gasteiger partial charge in [0.1, 0.15) is 13.1 Å². The van der Waals surface area contributed by atoms with E-state index in [4.69, 9.17) is 33.0 Å². The highest BCUT2D eigenvalue weighted by Gasteiger charge is 2.64. The fraction of sp³-hybridized carbons (Fsp3) is 0.632. The first kappa shape index (κ1) is 23.7. The summed E-state index contributed by atoms with van der Waals surface area (Å²) < 4.78 is 10.0. The van der Waals surface area contributed by atoms with E-state index in [9.17, 15) is 4.79 Å². The van der Waals surface area contributed by atoms with E-state index in [2.05, 4.69) is 5.32 Å². The van der Waals surface area contributed by atoms with Gasteiger partial charge in [0, 0.05) is 0 Å². The summed E-state index contributed by atoms with van der Waals surface area (Å²) in [6.45, 7) is 4.90. The van der Waals surface area contributed by atoms with Gasteiger partial charge in [-0.1, -0.05) is 38.2 Å². The van der Waals surface area contributed by atoms with Crippen molar-refractivity contribution in [1.29, 1.82) is 0 Å². The van der Waals surface area contributed by atoms with Gasteiger partial charge in [0.05, 0.1) is 37.8 Å². The molecule has 2 fully saturated rings. The molecular weight excluding hydrogens is 333 g/mol. The van der Waals surface area contributed by atoms with Gasteiger partial charge in [0.15, 0.2) is 11.5 Å². The first-order valence-electron chi connectivity index (χ1n) is 9.39. The smallest absolute Gasteiger partial charge is 0.160 e. The minimum Gasteiger partial charge on any atom is -0.493 e. The number of rotatable bonds is 5. The number of benzene rings is 1. The molecule has 1 aliphatic carbocycles. The van der Waals surface area contributed by atoms with E-state index in [-0.39, 0.29) is 11.6 Å². The molecule has 0 bridgehead atoms. The Labute approximate surface area is 169 Å². The molecule has 1 saturated carbocycles. The van der Waals surface area contributed by atoms with Gasteiger partial charge >= 0.3 is 0 Å². The van der Waals surface area contributed by atoms with E-state index < -0.39 is 10.4 Å². The molecule has 1 saturated heterocycles. The number of hydrogen-bond acceptors (Lipinski definition) is 4. The third-order valence-electron chi connectivity index (χ3n) is 4.88. The Morgan fingerprint density at radius 2 is 1.67 bits per heavy atom. The van der Waals surface area contributed by atoms with Crippen LogP contribution >= 0.6 is 0 Å². The predicted molar refractivity (Wildman–Crippen MR) is 115 cm³/mol. The van der Waals surface area contributed by atoms with Crippen molar-refractivity contribution >= 4 is 36.6 Å². The van der Waals surface area contributed by atoms with Crippen LogP contribution in [-0.4, -0.2) is 64.4 Å². The topological polar surface area (TPSA) is 47.6 Å². The van der Waals surface area contributed by atoms with Crippen molar-refractivity contribution in [1.82, 2.24) is 5.32 Å². The molecule has 3 rings (SSSR count). The SMILES string of the molecule is CC.COc1ccccc1OC.[B]C1([B])CC(CCNC)C2[B]C2([B])C1=O. The number of ketones is 1. The van der Waals surface area contributed by atoms with Crippen molar-refractivity contribution in [2.24, 2.45) is 5.92 Å². The second kappa shape index (κ2) is 10.3. The van der Waals surface area contributed by atoms with Gasteiger partial charge in [0.25, 0.3) is 0 Å². The van der Waals surface area contributed by atoms with Gasteiger partial charge in [-0.3, -0.25) is 0 Å². The third-order valence-corrected chi connectivity index (χ3v) is 4.88. The zero-order valence-corrected chi connectivity index (χ0v) is 17.1. The van der Waals surface area contributed by atoms with Crippen molar-refractivity contribution in [2.45, 2.75) is 42.9 Å². The fourth-order valence-corrected chi connectivity index (χ4v) is 3.46. The van der Waals surface area contributed by atoms with Crippen molar-refractivity contribution < 1.29 is 14.3 Å². The van der Waals surface area contributed by atoms with Crippen LogP contribution in [-0.2, 0) is 4.79 Å². The summed E-state index contributed by atoms with van der Waals surface area (Å²) in [7, 11) is 24.6. The molecule has 1 aromatic rings. The number of para-hydroxylation sites is 2. The van der Waals surface area contributed by atoms with E-state index in [1.165, 1.54) is 0 Å². The number of carbonyl (C=O) groups is 1. The van der Waals surface area contributed by atoms with E-state index >= 15 is 0 Å². The lowest BCUT2D eigenvalue weighted by atomic mass is 9.41. The maximum Gasteiger partial charge on any atom is 0.160 e.